The number of hydrogen-bond donors (Lipinski definition) is 2. The maximum absolute atomic E-state index is 12.9. The Hall–Kier alpha value is -2.46. The summed E-state index contributed by atoms with van der Waals surface area (Å²) in [4.78, 5) is 23.2. The number of carbonyl (C=O) groups is 1. The van der Waals surface area contributed by atoms with E-state index in [4.69, 9.17) is 0 Å². The lowest BCUT2D eigenvalue weighted by Gasteiger charge is -2.31. The molecule has 0 saturated heterocycles. The van der Waals surface area contributed by atoms with E-state index >= 15 is 0 Å². The van der Waals surface area contributed by atoms with Gasteiger partial charge in [0.2, 0.25) is 10.0 Å². The summed E-state index contributed by atoms with van der Waals surface area (Å²) in [6.45, 7) is 1.46. The van der Waals surface area contributed by atoms with E-state index in [-0.39, 0.29) is 23.8 Å². The molecule has 1 aromatic heterocycles. The Morgan fingerprint density at radius 1 is 1.36 bits per heavy atom. The van der Waals surface area contributed by atoms with Crippen LogP contribution in [0.1, 0.15) is 24.7 Å². The van der Waals surface area contributed by atoms with Crippen molar-refractivity contribution in [1.82, 2.24) is 19.1 Å². The van der Waals surface area contributed by atoms with Crippen molar-refractivity contribution in [3.63, 3.8) is 0 Å². The van der Waals surface area contributed by atoms with E-state index in [9.17, 15) is 23.1 Å². The number of fused-ring (bicyclic) bond motifs is 1. The Bertz CT molecular complexity index is 945. The Balaban J connectivity index is 1.99. The summed E-state index contributed by atoms with van der Waals surface area (Å²) in [5, 5.41) is 15.4. The van der Waals surface area contributed by atoms with Crippen molar-refractivity contribution in [2.75, 3.05) is 0 Å². The zero-order chi connectivity index (χ0) is 18.2. The molecule has 1 aliphatic heterocycles. The van der Waals surface area contributed by atoms with Crippen LogP contribution < -0.4 is 5.69 Å². The van der Waals surface area contributed by atoms with Crippen LogP contribution in [-0.2, 0) is 34.3 Å². The molecular formula is C15H18N4O5S. The molecule has 1 atom stereocenters. The van der Waals surface area contributed by atoms with Gasteiger partial charge in [0.15, 0.2) is 0 Å². The van der Waals surface area contributed by atoms with Gasteiger partial charge in [0.05, 0.1) is 18.0 Å². The second-order valence-corrected chi connectivity index (χ2v) is 7.74. The van der Waals surface area contributed by atoms with Crippen molar-refractivity contribution in [2.24, 2.45) is 0 Å². The number of aromatic nitrogens is 3. The van der Waals surface area contributed by atoms with Gasteiger partial charge >= 0.3 is 11.7 Å². The van der Waals surface area contributed by atoms with Gasteiger partial charge in [-0.25, -0.2) is 18.3 Å². The summed E-state index contributed by atoms with van der Waals surface area (Å²) in [6, 6.07) is 5.03. The predicted octanol–water partition coefficient (Wildman–Crippen LogP) is 0.182. The molecule has 2 heterocycles. The predicted molar refractivity (Wildman–Crippen MR) is 87.4 cm³/mol. The number of rotatable bonds is 5. The zero-order valence-corrected chi connectivity index (χ0v) is 14.4. The van der Waals surface area contributed by atoms with E-state index in [1.807, 2.05) is 6.92 Å². The highest BCUT2D eigenvalue weighted by Gasteiger charge is 2.41. The molecule has 134 valence electrons. The lowest BCUT2D eigenvalue weighted by molar-refractivity contribution is -0.142. The number of carboxylic acids is 1. The van der Waals surface area contributed by atoms with Crippen LogP contribution in [0.15, 0.2) is 34.0 Å². The van der Waals surface area contributed by atoms with Gasteiger partial charge in [-0.3, -0.25) is 9.36 Å². The van der Waals surface area contributed by atoms with E-state index in [0.717, 1.165) is 27.3 Å². The van der Waals surface area contributed by atoms with Gasteiger partial charge < -0.3 is 5.11 Å². The summed E-state index contributed by atoms with van der Waals surface area (Å²) < 4.78 is 27.9. The largest absolute Gasteiger partial charge is 0.480 e. The van der Waals surface area contributed by atoms with Crippen molar-refractivity contribution in [3.05, 3.63) is 46.1 Å². The van der Waals surface area contributed by atoms with Gasteiger partial charge in [-0.2, -0.15) is 9.40 Å². The minimum Gasteiger partial charge on any atom is -0.480 e. The number of aryl methyl sites for hydroxylation is 1. The van der Waals surface area contributed by atoms with Crippen LogP contribution in [-0.4, -0.2) is 44.6 Å². The Morgan fingerprint density at radius 2 is 2.04 bits per heavy atom. The van der Waals surface area contributed by atoms with Crippen LogP contribution in [0.4, 0.5) is 0 Å². The van der Waals surface area contributed by atoms with E-state index in [1.165, 1.54) is 12.1 Å². The first-order valence-corrected chi connectivity index (χ1v) is 9.26. The number of nitrogens with one attached hydrogen (secondary N) is 1. The first-order chi connectivity index (χ1) is 11.8. The molecule has 3 rings (SSSR count). The fourth-order valence-electron chi connectivity index (χ4n) is 2.88. The summed E-state index contributed by atoms with van der Waals surface area (Å²) in [5.74, 6) is -1.13. The maximum Gasteiger partial charge on any atom is 0.343 e. The van der Waals surface area contributed by atoms with Gasteiger partial charge in [-0.05, 0) is 24.1 Å². The second-order valence-electron chi connectivity index (χ2n) is 5.85. The standard InChI is InChI=1S/C15H18N4O5S/c1-2-3-10-4-6-11(7-5-10)25(23,24)19-9-13-16-17-15(22)18(13)8-12(19)14(20)21/h4-7,12H,2-3,8-9H2,1H3,(H,17,22)(H,20,21). The molecule has 9 nitrogen and oxygen atoms in total. The lowest BCUT2D eigenvalue weighted by atomic mass is 10.1. The number of aliphatic carboxylic acids is 1. The minimum absolute atomic E-state index is 0.0185. The summed E-state index contributed by atoms with van der Waals surface area (Å²) in [7, 11) is -4.04. The number of sulfonamides is 1. The molecule has 1 aliphatic rings. The molecule has 0 radical (unpaired) electrons. The molecule has 10 heteroatoms. The highest BCUT2D eigenvalue weighted by atomic mass is 32.2. The third kappa shape index (κ3) is 3.10. The number of hydrogen-bond acceptors (Lipinski definition) is 5. The molecule has 2 aromatic rings. The number of aromatic amines is 1. The molecule has 0 fully saturated rings. The first-order valence-electron chi connectivity index (χ1n) is 7.82. The van der Waals surface area contributed by atoms with Crippen LogP contribution in [0.25, 0.3) is 0 Å². The van der Waals surface area contributed by atoms with Crippen LogP contribution in [0.3, 0.4) is 0 Å². The summed E-state index contributed by atoms with van der Waals surface area (Å²) in [6.07, 6.45) is 1.78. The van der Waals surface area contributed by atoms with Crippen molar-refractivity contribution in [3.8, 4) is 0 Å². The average molecular weight is 366 g/mol. The number of nitrogens with zero attached hydrogens (tertiary/aromatic N) is 3. The Morgan fingerprint density at radius 3 is 2.64 bits per heavy atom. The average Bonchev–Trinajstić information content (AvgIpc) is 2.95. The molecule has 2 N–H and O–H groups in total. The molecule has 25 heavy (non-hydrogen) atoms. The summed E-state index contributed by atoms with van der Waals surface area (Å²) in [5.41, 5.74) is 0.457. The van der Waals surface area contributed by atoms with Gasteiger partial charge in [0.25, 0.3) is 0 Å². The van der Waals surface area contributed by atoms with Gasteiger partial charge in [-0.15, -0.1) is 0 Å². The van der Waals surface area contributed by atoms with Crippen LogP contribution in [0.2, 0.25) is 0 Å². The molecule has 0 amide bonds. The first kappa shape index (κ1) is 17.4. The Kier molecular flexibility index (Phi) is 4.48. The maximum atomic E-state index is 12.9. The quantitative estimate of drug-likeness (QED) is 0.778. The summed E-state index contributed by atoms with van der Waals surface area (Å²) >= 11 is 0. The lowest BCUT2D eigenvalue weighted by Crippen LogP contribution is -2.51. The smallest absolute Gasteiger partial charge is 0.343 e. The van der Waals surface area contributed by atoms with Crippen molar-refractivity contribution in [1.29, 1.82) is 0 Å². The van der Waals surface area contributed by atoms with Crippen molar-refractivity contribution < 1.29 is 18.3 Å². The van der Waals surface area contributed by atoms with E-state index in [2.05, 4.69) is 10.2 Å². The number of H-pyrrole nitrogens is 1. The molecule has 0 aliphatic carbocycles. The molecular weight excluding hydrogens is 348 g/mol. The number of benzene rings is 1. The second kappa shape index (κ2) is 6.45. The third-order valence-electron chi connectivity index (χ3n) is 4.19. The topological polar surface area (TPSA) is 125 Å². The van der Waals surface area contributed by atoms with Gasteiger partial charge in [0, 0.05) is 0 Å². The molecule has 0 bridgehead atoms. The zero-order valence-electron chi connectivity index (χ0n) is 13.5. The van der Waals surface area contributed by atoms with Crippen LogP contribution >= 0.6 is 0 Å². The normalized spacial score (nSPS) is 18.0. The molecule has 0 spiro atoms. The van der Waals surface area contributed by atoms with E-state index in [1.54, 1.807) is 12.1 Å². The fourth-order valence-corrected chi connectivity index (χ4v) is 4.41. The van der Waals surface area contributed by atoms with Gasteiger partial charge in [0.1, 0.15) is 11.9 Å². The number of carboxylic acid groups (broad SMARTS) is 1. The highest BCUT2D eigenvalue weighted by Crippen LogP contribution is 2.24. The fraction of sp³-hybridized carbons (Fsp3) is 0.400. The molecule has 0 saturated carbocycles. The molecule has 1 unspecified atom stereocenters. The van der Waals surface area contributed by atoms with E-state index < -0.39 is 27.7 Å². The third-order valence-corrected chi connectivity index (χ3v) is 6.06. The van der Waals surface area contributed by atoms with Crippen molar-refractivity contribution in [2.45, 2.75) is 43.8 Å². The molecule has 1 aromatic carbocycles. The van der Waals surface area contributed by atoms with Gasteiger partial charge in [-0.1, -0.05) is 25.5 Å². The van der Waals surface area contributed by atoms with Crippen molar-refractivity contribution >= 4 is 16.0 Å². The van der Waals surface area contributed by atoms with Crippen LogP contribution in [0, 0.1) is 0 Å². The monoisotopic (exact) mass is 366 g/mol. The Labute approximate surface area is 144 Å². The minimum atomic E-state index is -4.04. The van der Waals surface area contributed by atoms with Crippen LogP contribution in [0.5, 0.6) is 0 Å². The van der Waals surface area contributed by atoms with E-state index in [0.29, 0.717) is 0 Å². The highest BCUT2D eigenvalue weighted by molar-refractivity contribution is 7.89. The SMILES string of the molecule is CCCc1ccc(S(=O)(=O)N2Cc3n[nH]c(=O)n3CC2C(=O)O)cc1.